The maximum Gasteiger partial charge on any atom is 0.264 e. The van der Waals surface area contributed by atoms with Crippen molar-refractivity contribution in [3.8, 4) is 5.75 Å². The minimum absolute atomic E-state index is 0.0282. The molecule has 4 aliphatic rings. The molecule has 298 valence electrons. The molecule has 2 aromatic rings. The van der Waals surface area contributed by atoms with Gasteiger partial charge in [-0.3, -0.25) is 9.69 Å². The summed E-state index contributed by atoms with van der Waals surface area (Å²) >= 11 is 6.40. The molecule has 2 aromatic carbocycles. The summed E-state index contributed by atoms with van der Waals surface area (Å²) in [6, 6.07) is 11.2. The molecule has 54 heavy (non-hydrogen) atoms. The lowest BCUT2D eigenvalue weighted by atomic mass is 9.63. The highest BCUT2D eigenvalue weighted by atomic mass is 35.5. The summed E-state index contributed by atoms with van der Waals surface area (Å²) in [5, 5.41) is 19.2. The lowest BCUT2D eigenvalue weighted by Gasteiger charge is -2.52. The Kier molecular flexibility index (Phi) is 13.7. The standard InChI is InChI=1S/C41H59ClN4O7S/c1-29-7-6-15-41(52-3,28-45-19-17-44(18-20-45)23-31(25-47)26-48)37-13-10-34(37)24-46-16-5-4-8-32-21-36(42)12-9-35(32)27-53-39-14-11-33(22-38(39)46)40(49)43-54(50,51)30(29)2/h6,9,11-12,14-15,21-22,29-31,34,37,47-48H,4-5,7-8,10,13,16-20,23-28H2,1-3H3,(H,43,49)/b15-6+/t29-,30+,34-,37+,41+/m0/s1. The van der Waals surface area contributed by atoms with E-state index in [-0.39, 0.29) is 36.5 Å². The van der Waals surface area contributed by atoms with Crippen molar-refractivity contribution in [1.82, 2.24) is 14.5 Å². The van der Waals surface area contributed by atoms with Gasteiger partial charge in [0.05, 0.1) is 10.9 Å². The predicted molar refractivity (Wildman–Crippen MR) is 213 cm³/mol. The number of allylic oxidation sites excluding steroid dienone is 1. The highest BCUT2D eigenvalue weighted by molar-refractivity contribution is 7.90. The molecule has 0 radical (unpaired) electrons. The number of aliphatic hydroxyl groups excluding tert-OH is 2. The van der Waals surface area contributed by atoms with Gasteiger partial charge in [0, 0.05) is 89.2 Å². The van der Waals surface area contributed by atoms with Crippen LogP contribution in [0.2, 0.25) is 5.02 Å². The fraction of sp³-hybridized carbons (Fsp3) is 0.634. The van der Waals surface area contributed by atoms with Crippen LogP contribution < -0.4 is 14.4 Å². The van der Waals surface area contributed by atoms with E-state index < -0.39 is 26.8 Å². The summed E-state index contributed by atoms with van der Waals surface area (Å²) in [5.41, 5.74) is 2.72. The van der Waals surface area contributed by atoms with Gasteiger partial charge < -0.3 is 29.5 Å². The Morgan fingerprint density at radius 3 is 2.46 bits per heavy atom. The Morgan fingerprint density at radius 2 is 1.76 bits per heavy atom. The number of aryl methyl sites for hydroxylation is 1. The lowest BCUT2D eigenvalue weighted by Crippen LogP contribution is -2.59. The van der Waals surface area contributed by atoms with Crippen LogP contribution in [0.4, 0.5) is 5.69 Å². The summed E-state index contributed by atoms with van der Waals surface area (Å²) in [4.78, 5) is 20.7. The molecule has 1 saturated carbocycles. The fourth-order valence-corrected chi connectivity index (χ4v) is 10.1. The molecule has 1 saturated heterocycles. The summed E-state index contributed by atoms with van der Waals surface area (Å²) in [5.74, 6) is 0.136. The number of carbonyl (C=O) groups excluding carboxylic acids is 1. The van der Waals surface area contributed by atoms with Gasteiger partial charge in [0.15, 0.2) is 0 Å². The van der Waals surface area contributed by atoms with Crippen molar-refractivity contribution in [2.75, 3.05) is 77.6 Å². The monoisotopic (exact) mass is 786 g/mol. The molecule has 3 N–H and O–H groups in total. The zero-order chi connectivity index (χ0) is 38.5. The second-order valence-corrected chi connectivity index (χ2v) is 18.5. The summed E-state index contributed by atoms with van der Waals surface area (Å²) in [6.07, 6.45) is 9.62. The van der Waals surface area contributed by atoms with E-state index in [0.717, 1.165) is 82.6 Å². The van der Waals surface area contributed by atoms with Crippen LogP contribution in [0.1, 0.15) is 67.4 Å². The summed E-state index contributed by atoms with van der Waals surface area (Å²) < 4.78 is 42.7. The van der Waals surface area contributed by atoms with Crippen LogP contribution in [0.3, 0.4) is 0 Å². The maximum absolute atomic E-state index is 13.6. The molecular formula is C41H59ClN4O7S. The van der Waals surface area contributed by atoms with Crippen molar-refractivity contribution in [1.29, 1.82) is 0 Å². The van der Waals surface area contributed by atoms with E-state index in [0.29, 0.717) is 42.8 Å². The van der Waals surface area contributed by atoms with E-state index in [1.54, 1.807) is 32.2 Å². The first-order valence-electron chi connectivity index (χ1n) is 19.7. The van der Waals surface area contributed by atoms with E-state index in [1.165, 1.54) is 5.56 Å². The zero-order valence-electron chi connectivity index (χ0n) is 32.1. The number of aliphatic hydroxyl groups is 2. The number of nitrogens with one attached hydrogen (secondary N) is 1. The van der Waals surface area contributed by atoms with Crippen molar-refractivity contribution < 1.29 is 32.9 Å². The van der Waals surface area contributed by atoms with Crippen LogP contribution in [-0.2, 0) is 27.8 Å². The number of carbonyl (C=O) groups is 1. The number of rotatable bonds is 7. The van der Waals surface area contributed by atoms with Crippen LogP contribution in [0.15, 0.2) is 48.6 Å². The molecule has 1 aliphatic carbocycles. The topological polar surface area (TPSA) is 132 Å². The molecule has 0 aromatic heterocycles. The second kappa shape index (κ2) is 18.0. The largest absolute Gasteiger partial charge is 0.487 e. The van der Waals surface area contributed by atoms with Gasteiger partial charge >= 0.3 is 0 Å². The lowest BCUT2D eigenvalue weighted by molar-refractivity contribution is -0.0958. The molecule has 11 nitrogen and oxygen atoms in total. The number of nitrogens with zero attached hydrogens (tertiary/aromatic N) is 3. The summed E-state index contributed by atoms with van der Waals surface area (Å²) in [7, 11) is -2.18. The summed E-state index contributed by atoms with van der Waals surface area (Å²) in [6.45, 7) is 10.1. The van der Waals surface area contributed by atoms with Crippen molar-refractivity contribution in [2.45, 2.75) is 69.8 Å². The first-order chi connectivity index (χ1) is 25.9. The third-order valence-electron chi connectivity index (χ3n) is 12.5. The van der Waals surface area contributed by atoms with Crippen LogP contribution >= 0.6 is 11.6 Å². The quantitative estimate of drug-likeness (QED) is 0.339. The number of anilines is 1. The number of piperazine rings is 1. The van der Waals surface area contributed by atoms with Gasteiger partial charge in [-0.2, -0.15) is 0 Å². The van der Waals surface area contributed by atoms with E-state index in [1.807, 2.05) is 25.1 Å². The highest BCUT2D eigenvalue weighted by Gasteiger charge is 2.48. The number of benzene rings is 2. The number of fused-ring (bicyclic) bond motifs is 3. The Balaban J connectivity index is 1.34. The smallest absolute Gasteiger partial charge is 0.264 e. The normalized spacial score (nSPS) is 29.2. The van der Waals surface area contributed by atoms with Crippen molar-refractivity contribution in [2.24, 2.45) is 23.7 Å². The average Bonchev–Trinajstić information content (AvgIpc) is 3.18. The molecule has 0 spiro atoms. The molecule has 3 aliphatic heterocycles. The highest BCUT2D eigenvalue weighted by Crippen LogP contribution is 2.47. The van der Waals surface area contributed by atoms with Crippen LogP contribution in [0.25, 0.3) is 0 Å². The minimum atomic E-state index is -3.98. The number of amides is 1. The molecule has 2 bridgehead atoms. The molecule has 1 amide bonds. The van der Waals surface area contributed by atoms with Crippen LogP contribution in [0.5, 0.6) is 5.75 Å². The van der Waals surface area contributed by atoms with Crippen molar-refractivity contribution in [3.63, 3.8) is 0 Å². The number of hydrogen-bond donors (Lipinski definition) is 3. The van der Waals surface area contributed by atoms with Gasteiger partial charge in [-0.15, -0.1) is 0 Å². The first kappa shape index (κ1) is 40.9. The minimum Gasteiger partial charge on any atom is -0.487 e. The van der Waals surface area contributed by atoms with Crippen molar-refractivity contribution in [3.05, 3.63) is 70.3 Å². The third-order valence-corrected chi connectivity index (χ3v) is 14.7. The second-order valence-electron chi connectivity index (χ2n) is 16.0. The van der Waals surface area contributed by atoms with Crippen molar-refractivity contribution >= 4 is 33.2 Å². The number of hydrogen-bond acceptors (Lipinski definition) is 10. The van der Waals surface area contributed by atoms with Gasteiger partial charge in [-0.05, 0) is 105 Å². The fourth-order valence-electron chi connectivity index (χ4n) is 8.65. The number of methoxy groups -OCH3 is 1. The van der Waals surface area contributed by atoms with E-state index in [4.69, 9.17) is 21.1 Å². The molecule has 2 fully saturated rings. The Hall–Kier alpha value is -2.71. The van der Waals surface area contributed by atoms with Gasteiger partial charge in [0.25, 0.3) is 5.91 Å². The maximum atomic E-state index is 13.6. The predicted octanol–water partition coefficient (Wildman–Crippen LogP) is 4.74. The average molecular weight is 787 g/mol. The zero-order valence-corrected chi connectivity index (χ0v) is 33.7. The number of halogens is 1. The molecule has 0 unspecified atom stereocenters. The Morgan fingerprint density at radius 1 is 1.00 bits per heavy atom. The van der Waals surface area contributed by atoms with E-state index >= 15 is 0 Å². The van der Waals surface area contributed by atoms with Gasteiger partial charge in [0.1, 0.15) is 18.0 Å². The van der Waals surface area contributed by atoms with Gasteiger partial charge in [-0.25, -0.2) is 13.1 Å². The van der Waals surface area contributed by atoms with Gasteiger partial charge in [-0.1, -0.05) is 36.7 Å². The van der Waals surface area contributed by atoms with E-state index in [2.05, 4.69) is 31.6 Å². The molecule has 13 heteroatoms. The Labute approximate surface area is 326 Å². The molecule has 3 heterocycles. The number of sulfonamides is 1. The van der Waals surface area contributed by atoms with Crippen LogP contribution in [-0.4, -0.2) is 118 Å². The third kappa shape index (κ3) is 9.45. The molecule has 6 rings (SSSR count). The first-order valence-corrected chi connectivity index (χ1v) is 21.6. The SMILES string of the molecule is CO[C@@]1(CN2CCN(CC(CO)CO)CC2)/C=C/C[C@H](C)[C@@H](C)S(=O)(=O)NC(=O)c2ccc3c(c2)N(CCCCc2cc(Cl)ccc2CO3)C[C@@H]2CC[C@H]21. The number of ether oxygens (including phenoxy) is 2. The van der Waals surface area contributed by atoms with Gasteiger partial charge in [0.2, 0.25) is 10.0 Å². The van der Waals surface area contributed by atoms with E-state index in [9.17, 15) is 23.4 Å². The molecular weight excluding hydrogens is 728 g/mol. The Bertz CT molecular complexity index is 1730. The van der Waals surface area contributed by atoms with Crippen LogP contribution in [0, 0.1) is 23.7 Å². The molecule has 5 atom stereocenters.